The molecule has 1 aliphatic heterocycles. The maximum atomic E-state index is 15.0. The number of carbonyl (C=O) groups is 1. The van der Waals surface area contributed by atoms with Gasteiger partial charge in [0.25, 0.3) is 0 Å². The molecular formula is C23H25ClFN5O3. The third kappa shape index (κ3) is 4.73. The second kappa shape index (κ2) is 9.66. The van der Waals surface area contributed by atoms with Gasteiger partial charge in [0.1, 0.15) is 11.3 Å². The van der Waals surface area contributed by atoms with E-state index in [0.717, 1.165) is 5.56 Å². The number of piperazine rings is 1. The Morgan fingerprint density at radius 2 is 1.91 bits per heavy atom. The van der Waals surface area contributed by atoms with Crippen molar-refractivity contribution in [3.63, 3.8) is 0 Å². The zero-order chi connectivity index (χ0) is 23.5. The monoisotopic (exact) mass is 473 g/mol. The van der Waals surface area contributed by atoms with Crippen LogP contribution >= 0.6 is 11.6 Å². The first-order valence-electron chi connectivity index (χ1n) is 10.6. The van der Waals surface area contributed by atoms with Gasteiger partial charge in [-0.2, -0.15) is 4.98 Å². The Morgan fingerprint density at radius 3 is 2.58 bits per heavy atom. The molecule has 33 heavy (non-hydrogen) atoms. The lowest BCUT2D eigenvalue weighted by Gasteiger charge is -2.35. The number of anilines is 2. The standard InChI is InChI=1S/C23H25ClFN5O3/c1-32-17-13-16-20(19(25)21(17)33-2)27-23(28-22(16)26)30-10-8-29(9-11-30)18(31)7-6-14-4-3-5-15(24)12-14/h3-5,12-13H,6-11H2,1-2H3,(H2,26,27,28). The number of amides is 1. The molecule has 0 aliphatic carbocycles. The minimum Gasteiger partial charge on any atom is -0.493 e. The van der Waals surface area contributed by atoms with Gasteiger partial charge in [-0.15, -0.1) is 0 Å². The summed E-state index contributed by atoms with van der Waals surface area (Å²) in [4.78, 5) is 25.1. The van der Waals surface area contributed by atoms with E-state index in [0.29, 0.717) is 55.4 Å². The number of methoxy groups -OCH3 is 2. The van der Waals surface area contributed by atoms with Gasteiger partial charge in [-0.05, 0) is 30.2 Å². The molecule has 0 bridgehead atoms. The summed E-state index contributed by atoms with van der Waals surface area (Å²) in [5.74, 6) is 0.0696. The fourth-order valence-electron chi connectivity index (χ4n) is 3.94. The Kier molecular flexibility index (Phi) is 6.69. The minimum atomic E-state index is -0.656. The number of nitrogens with zero attached hydrogens (tertiary/aromatic N) is 4. The lowest BCUT2D eigenvalue weighted by Crippen LogP contribution is -2.49. The second-order valence-corrected chi connectivity index (χ2v) is 8.17. The highest BCUT2D eigenvalue weighted by atomic mass is 35.5. The zero-order valence-electron chi connectivity index (χ0n) is 18.5. The molecule has 2 aromatic carbocycles. The lowest BCUT2D eigenvalue weighted by molar-refractivity contribution is -0.131. The van der Waals surface area contributed by atoms with E-state index in [-0.39, 0.29) is 28.7 Å². The van der Waals surface area contributed by atoms with Gasteiger partial charge in [0, 0.05) is 43.0 Å². The molecule has 3 aromatic rings. The number of nitrogens with two attached hydrogens (primary N) is 1. The second-order valence-electron chi connectivity index (χ2n) is 7.73. The van der Waals surface area contributed by atoms with E-state index in [1.54, 1.807) is 6.07 Å². The highest BCUT2D eigenvalue weighted by molar-refractivity contribution is 6.30. The van der Waals surface area contributed by atoms with Crippen molar-refractivity contribution in [3.05, 3.63) is 46.7 Å². The average Bonchev–Trinajstić information content (AvgIpc) is 2.83. The summed E-state index contributed by atoms with van der Waals surface area (Å²) in [5.41, 5.74) is 7.21. The van der Waals surface area contributed by atoms with Crippen LogP contribution in [0.15, 0.2) is 30.3 Å². The number of aryl methyl sites for hydroxylation is 1. The van der Waals surface area contributed by atoms with Gasteiger partial charge in [-0.1, -0.05) is 23.7 Å². The molecule has 4 rings (SSSR count). The Morgan fingerprint density at radius 1 is 1.15 bits per heavy atom. The van der Waals surface area contributed by atoms with Gasteiger partial charge < -0.3 is 25.0 Å². The molecule has 0 spiro atoms. The quantitative estimate of drug-likeness (QED) is 0.587. The maximum absolute atomic E-state index is 15.0. The highest BCUT2D eigenvalue weighted by Crippen LogP contribution is 2.37. The molecule has 2 N–H and O–H groups in total. The first kappa shape index (κ1) is 22.8. The van der Waals surface area contributed by atoms with Crippen LogP contribution in [0.5, 0.6) is 11.5 Å². The van der Waals surface area contributed by atoms with Crippen LogP contribution in [0, 0.1) is 5.82 Å². The van der Waals surface area contributed by atoms with E-state index >= 15 is 4.39 Å². The number of aromatic nitrogens is 2. The molecule has 2 heterocycles. The van der Waals surface area contributed by atoms with Crippen molar-refractivity contribution < 1.29 is 18.7 Å². The Balaban J connectivity index is 1.45. The molecule has 1 aliphatic rings. The van der Waals surface area contributed by atoms with Crippen LogP contribution in [0.1, 0.15) is 12.0 Å². The highest BCUT2D eigenvalue weighted by Gasteiger charge is 2.25. The molecule has 0 unspecified atom stereocenters. The number of benzene rings is 2. The van der Waals surface area contributed by atoms with Crippen molar-refractivity contribution in [1.82, 2.24) is 14.9 Å². The Hall–Kier alpha value is -3.33. The fourth-order valence-corrected chi connectivity index (χ4v) is 4.15. The number of nitrogen functional groups attached to an aromatic ring is 1. The first-order chi connectivity index (χ1) is 15.9. The van der Waals surface area contributed by atoms with E-state index < -0.39 is 5.82 Å². The summed E-state index contributed by atoms with van der Waals surface area (Å²) in [5, 5.41) is 1.01. The summed E-state index contributed by atoms with van der Waals surface area (Å²) in [7, 11) is 2.78. The Bertz CT molecular complexity index is 1180. The normalized spacial score (nSPS) is 13.9. The molecule has 1 amide bonds. The van der Waals surface area contributed by atoms with E-state index in [2.05, 4.69) is 9.97 Å². The topological polar surface area (TPSA) is 93.8 Å². The number of ether oxygens (including phenoxy) is 2. The van der Waals surface area contributed by atoms with Crippen LogP contribution in [-0.2, 0) is 11.2 Å². The van der Waals surface area contributed by atoms with Gasteiger partial charge >= 0.3 is 0 Å². The van der Waals surface area contributed by atoms with Crippen LogP contribution in [0.3, 0.4) is 0 Å². The van der Waals surface area contributed by atoms with Crippen molar-refractivity contribution in [2.24, 2.45) is 0 Å². The largest absolute Gasteiger partial charge is 0.493 e. The molecule has 0 radical (unpaired) electrons. The van der Waals surface area contributed by atoms with Crippen molar-refractivity contribution in [2.45, 2.75) is 12.8 Å². The van der Waals surface area contributed by atoms with Gasteiger partial charge in [0.05, 0.1) is 14.2 Å². The summed E-state index contributed by atoms with van der Waals surface area (Å²) in [6, 6.07) is 9.09. The predicted molar refractivity (Wildman–Crippen MR) is 126 cm³/mol. The van der Waals surface area contributed by atoms with Crippen molar-refractivity contribution >= 4 is 40.2 Å². The summed E-state index contributed by atoms with van der Waals surface area (Å²) < 4.78 is 25.4. The van der Waals surface area contributed by atoms with E-state index in [1.165, 1.54) is 14.2 Å². The summed E-state index contributed by atoms with van der Waals surface area (Å²) in [6.07, 6.45) is 1.04. The number of rotatable bonds is 6. The average molecular weight is 474 g/mol. The van der Waals surface area contributed by atoms with Crippen LogP contribution in [0.2, 0.25) is 5.02 Å². The molecule has 10 heteroatoms. The summed E-state index contributed by atoms with van der Waals surface area (Å²) in [6.45, 7) is 2.07. The first-order valence-corrected chi connectivity index (χ1v) is 10.9. The van der Waals surface area contributed by atoms with Crippen molar-refractivity contribution in [1.29, 1.82) is 0 Å². The van der Waals surface area contributed by atoms with Gasteiger partial charge in [-0.3, -0.25) is 4.79 Å². The van der Waals surface area contributed by atoms with Crippen LogP contribution in [0.25, 0.3) is 10.9 Å². The molecule has 0 atom stereocenters. The fraction of sp³-hybridized carbons (Fsp3) is 0.348. The molecule has 174 valence electrons. The van der Waals surface area contributed by atoms with Crippen molar-refractivity contribution in [3.8, 4) is 11.5 Å². The SMILES string of the molecule is COc1cc2c(N)nc(N3CCN(C(=O)CCc4cccc(Cl)c4)CC3)nc2c(F)c1OC. The molecular weight excluding hydrogens is 449 g/mol. The van der Waals surface area contributed by atoms with E-state index in [9.17, 15) is 4.79 Å². The summed E-state index contributed by atoms with van der Waals surface area (Å²) >= 11 is 6.01. The molecule has 0 saturated carbocycles. The van der Waals surface area contributed by atoms with Gasteiger partial charge in [0.15, 0.2) is 17.3 Å². The number of fused-ring (bicyclic) bond motifs is 1. The minimum absolute atomic E-state index is 0.0378. The van der Waals surface area contributed by atoms with Gasteiger partial charge in [0.2, 0.25) is 11.9 Å². The Labute approximate surface area is 196 Å². The van der Waals surface area contributed by atoms with Gasteiger partial charge in [-0.25, -0.2) is 9.37 Å². The third-order valence-electron chi connectivity index (χ3n) is 5.73. The number of halogens is 2. The molecule has 1 fully saturated rings. The van der Waals surface area contributed by atoms with E-state index in [4.69, 9.17) is 26.8 Å². The molecule has 1 aromatic heterocycles. The number of hydrogen-bond donors (Lipinski definition) is 1. The predicted octanol–water partition coefficient (Wildman–Crippen LogP) is 3.30. The smallest absolute Gasteiger partial charge is 0.228 e. The molecule has 8 nitrogen and oxygen atoms in total. The van der Waals surface area contributed by atoms with Crippen LogP contribution in [-0.4, -0.2) is 61.2 Å². The van der Waals surface area contributed by atoms with E-state index in [1.807, 2.05) is 34.1 Å². The van der Waals surface area contributed by atoms with Crippen LogP contribution in [0.4, 0.5) is 16.2 Å². The zero-order valence-corrected chi connectivity index (χ0v) is 19.2. The molecule has 1 saturated heterocycles. The van der Waals surface area contributed by atoms with Crippen molar-refractivity contribution in [2.75, 3.05) is 51.0 Å². The maximum Gasteiger partial charge on any atom is 0.228 e. The number of hydrogen-bond acceptors (Lipinski definition) is 7. The van der Waals surface area contributed by atoms with Crippen LogP contribution < -0.4 is 20.1 Å². The lowest BCUT2D eigenvalue weighted by atomic mass is 10.1. The number of carbonyl (C=O) groups excluding carboxylic acids is 1. The third-order valence-corrected chi connectivity index (χ3v) is 5.96.